The van der Waals surface area contributed by atoms with E-state index in [0.29, 0.717) is 11.8 Å². The lowest BCUT2D eigenvalue weighted by molar-refractivity contribution is -0.0316. The zero-order valence-corrected chi connectivity index (χ0v) is 21.3. The van der Waals surface area contributed by atoms with Crippen molar-refractivity contribution in [2.75, 3.05) is 32.7 Å². The van der Waals surface area contributed by atoms with Crippen LogP contribution in [0.4, 0.5) is 4.39 Å². The number of benzene rings is 2. The number of aliphatic hydroxyl groups is 1. The van der Waals surface area contributed by atoms with Gasteiger partial charge in [0.2, 0.25) is 0 Å². The second kappa shape index (κ2) is 11.3. The summed E-state index contributed by atoms with van der Waals surface area (Å²) in [5, 5.41) is 15.7. The highest BCUT2D eigenvalue weighted by Gasteiger charge is 2.37. The average molecular weight is 493 g/mol. The van der Waals surface area contributed by atoms with E-state index in [1.165, 1.54) is 23.3 Å². The Hall–Kier alpha value is -2.05. The molecule has 5 heteroatoms. The van der Waals surface area contributed by atoms with Crippen LogP contribution in [0.1, 0.15) is 48.3 Å². The maximum atomic E-state index is 13.1. The second-order valence-corrected chi connectivity index (χ2v) is 11.4. The third kappa shape index (κ3) is 6.59. The van der Waals surface area contributed by atoms with Crippen LogP contribution in [-0.2, 0) is 13.0 Å². The first-order valence-electron chi connectivity index (χ1n) is 13.0. The molecule has 0 saturated carbocycles. The van der Waals surface area contributed by atoms with Crippen LogP contribution >= 0.6 is 11.3 Å². The summed E-state index contributed by atoms with van der Waals surface area (Å²) in [4.78, 5) is 5.21. The number of aryl methyl sites for hydroxylation is 1. The second-order valence-electron chi connectivity index (χ2n) is 10.6. The van der Waals surface area contributed by atoms with Crippen LogP contribution in [0, 0.1) is 11.7 Å². The topological polar surface area (TPSA) is 26.7 Å². The zero-order chi connectivity index (χ0) is 24.1. The van der Waals surface area contributed by atoms with Crippen LogP contribution in [-0.4, -0.2) is 53.2 Å². The summed E-state index contributed by atoms with van der Waals surface area (Å²) < 4.78 is 13.1. The summed E-state index contributed by atoms with van der Waals surface area (Å²) in [7, 11) is 0. The quantitative estimate of drug-likeness (QED) is 0.400. The summed E-state index contributed by atoms with van der Waals surface area (Å²) in [5.74, 6) is 1.02. The third-order valence-corrected chi connectivity index (χ3v) is 8.74. The number of nitrogens with zero attached hydrogens (tertiary/aromatic N) is 2. The number of hydrogen-bond acceptors (Lipinski definition) is 4. The highest BCUT2D eigenvalue weighted by Crippen LogP contribution is 2.36. The van der Waals surface area contributed by atoms with Gasteiger partial charge in [0, 0.05) is 45.2 Å². The van der Waals surface area contributed by atoms with E-state index < -0.39 is 5.60 Å². The fourth-order valence-corrected chi connectivity index (χ4v) is 6.71. The predicted molar refractivity (Wildman–Crippen MR) is 142 cm³/mol. The van der Waals surface area contributed by atoms with E-state index >= 15 is 0 Å². The highest BCUT2D eigenvalue weighted by atomic mass is 32.1. The fourth-order valence-electron chi connectivity index (χ4n) is 5.99. The molecule has 5 rings (SSSR count). The lowest BCUT2D eigenvalue weighted by atomic mass is 9.84. The Morgan fingerprint density at radius 3 is 2.40 bits per heavy atom. The molecule has 3 aromatic rings. The molecule has 2 aromatic carbocycles. The number of hydrogen-bond donors (Lipinski definition) is 1. The Labute approximate surface area is 213 Å². The number of thiophene rings is 1. The molecule has 2 atom stereocenters. The largest absolute Gasteiger partial charge is 0.390 e. The van der Waals surface area contributed by atoms with Crippen molar-refractivity contribution in [3.05, 3.63) is 93.9 Å². The predicted octanol–water partition coefficient (Wildman–Crippen LogP) is 5.95. The molecule has 3 heterocycles. The first-order valence-corrected chi connectivity index (χ1v) is 14.0. The van der Waals surface area contributed by atoms with Crippen LogP contribution in [0.5, 0.6) is 0 Å². The van der Waals surface area contributed by atoms with Crippen molar-refractivity contribution in [3.8, 4) is 0 Å². The molecule has 3 nitrogen and oxygen atoms in total. The van der Waals surface area contributed by atoms with Crippen LogP contribution < -0.4 is 0 Å². The Balaban J connectivity index is 1.13. The molecule has 1 aromatic heterocycles. The van der Waals surface area contributed by atoms with Crippen LogP contribution in [0.3, 0.4) is 0 Å². The molecule has 0 bridgehead atoms. The molecular formula is C30H37FN2OS. The number of likely N-dealkylation sites (tertiary alicyclic amines) is 2. The molecule has 0 amide bonds. The third-order valence-electron chi connectivity index (χ3n) is 8.04. The number of halogens is 1. The Bertz CT molecular complexity index is 1030. The van der Waals surface area contributed by atoms with E-state index in [2.05, 4.69) is 57.0 Å². The van der Waals surface area contributed by atoms with Crippen molar-refractivity contribution in [3.63, 3.8) is 0 Å². The van der Waals surface area contributed by atoms with Gasteiger partial charge in [0.25, 0.3) is 0 Å². The van der Waals surface area contributed by atoms with E-state index in [0.717, 1.165) is 76.9 Å². The van der Waals surface area contributed by atoms with E-state index in [1.54, 1.807) is 11.3 Å². The van der Waals surface area contributed by atoms with Crippen molar-refractivity contribution in [1.82, 2.24) is 9.80 Å². The van der Waals surface area contributed by atoms with Crippen molar-refractivity contribution < 1.29 is 9.50 Å². The Morgan fingerprint density at radius 2 is 1.69 bits per heavy atom. The fraction of sp³-hybridized carbons (Fsp3) is 0.467. The molecule has 0 aliphatic carbocycles. The van der Waals surface area contributed by atoms with Gasteiger partial charge >= 0.3 is 0 Å². The lowest BCUT2D eigenvalue weighted by Crippen LogP contribution is -2.46. The maximum absolute atomic E-state index is 13.1. The molecule has 0 spiro atoms. The number of rotatable bonds is 9. The van der Waals surface area contributed by atoms with Gasteiger partial charge in [0.15, 0.2) is 0 Å². The van der Waals surface area contributed by atoms with Crippen LogP contribution in [0.25, 0.3) is 0 Å². The monoisotopic (exact) mass is 492 g/mol. The van der Waals surface area contributed by atoms with Crippen molar-refractivity contribution in [1.29, 1.82) is 0 Å². The smallest absolute Gasteiger partial charge is 0.123 e. The van der Waals surface area contributed by atoms with Gasteiger partial charge in [-0.15, -0.1) is 0 Å². The van der Waals surface area contributed by atoms with Gasteiger partial charge in [-0.2, -0.15) is 11.3 Å². The van der Waals surface area contributed by atoms with Gasteiger partial charge in [0.05, 0.1) is 5.60 Å². The van der Waals surface area contributed by atoms with E-state index in [-0.39, 0.29) is 5.82 Å². The summed E-state index contributed by atoms with van der Waals surface area (Å²) in [5.41, 5.74) is 3.47. The molecule has 2 fully saturated rings. The van der Waals surface area contributed by atoms with E-state index in [1.807, 2.05) is 12.1 Å². The Kier molecular flexibility index (Phi) is 7.98. The first kappa shape index (κ1) is 24.6. The Morgan fingerprint density at radius 1 is 0.914 bits per heavy atom. The molecule has 2 unspecified atom stereocenters. The van der Waals surface area contributed by atoms with Crippen molar-refractivity contribution in [2.24, 2.45) is 5.92 Å². The number of piperidine rings is 1. The van der Waals surface area contributed by atoms with Gasteiger partial charge in [-0.3, -0.25) is 4.90 Å². The summed E-state index contributed by atoms with van der Waals surface area (Å²) in [6, 6.07) is 19.9. The van der Waals surface area contributed by atoms with Crippen molar-refractivity contribution in [2.45, 2.75) is 50.2 Å². The minimum absolute atomic E-state index is 0.188. The molecule has 0 radical (unpaired) electrons. The van der Waals surface area contributed by atoms with Gasteiger partial charge < -0.3 is 10.0 Å². The van der Waals surface area contributed by atoms with Gasteiger partial charge in [-0.1, -0.05) is 42.5 Å². The molecule has 2 saturated heterocycles. The van der Waals surface area contributed by atoms with Crippen LogP contribution in [0.2, 0.25) is 0 Å². The molecule has 186 valence electrons. The van der Waals surface area contributed by atoms with Gasteiger partial charge in [-0.25, -0.2) is 4.39 Å². The highest BCUT2D eigenvalue weighted by molar-refractivity contribution is 7.08. The maximum Gasteiger partial charge on any atom is 0.123 e. The zero-order valence-electron chi connectivity index (χ0n) is 20.5. The minimum atomic E-state index is -0.557. The standard InChI is InChI=1S/C30H37FN2OS/c31-28-10-8-24(9-11-28)7-4-13-30(34)14-16-32(17-15-30)20-27-21-33(19-25-5-2-1-3-6-25)22-29(27)26-12-18-35-23-26/h1-3,5-6,8-12,18,23,27,29,34H,4,7,13-17,19-22H2. The lowest BCUT2D eigenvalue weighted by Gasteiger charge is -2.39. The van der Waals surface area contributed by atoms with Gasteiger partial charge in [-0.05, 0) is 83.7 Å². The first-order chi connectivity index (χ1) is 17.1. The van der Waals surface area contributed by atoms with Crippen molar-refractivity contribution >= 4 is 11.3 Å². The molecule has 1 N–H and O–H groups in total. The van der Waals surface area contributed by atoms with E-state index in [4.69, 9.17) is 0 Å². The van der Waals surface area contributed by atoms with Crippen LogP contribution in [0.15, 0.2) is 71.4 Å². The minimum Gasteiger partial charge on any atom is -0.390 e. The molecular weight excluding hydrogens is 455 g/mol. The van der Waals surface area contributed by atoms with E-state index in [9.17, 15) is 9.50 Å². The normalized spacial score (nSPS) is 23.0. The van der Waals surface area contributed by atoms with Gasteiger partial charge in [0.1, 0.15) is 5.82 Å². The molecule has 2 aliphatic heterocycles. The average Bonchev–Trinajstić information content (AvgIpc) is 3.53. The summed E-state index contributed by atoms with van der Waals surface area (Å²) in [6.45, 7) is 6.33. The summed E-state index contributed by atoms with van der Waals surface area (Å²) in [6.07, 6.45) is 4.36. The summed E-state index contributed by atoms with van der Waals surface area (Å²) >= 11 is 1.80. The molecule has 35 heavy (non-hydrogen) atoms. The molecule has 2 aliphatic rings. The SMILES string of the molecule is OC1(CCCc2ccc(F)cc2)CCN(CC2CN(Cc3ccccc3)CC2c2ccsc2)CC1.